The summed E-state index contributed by atoms with van der Waals surface area (Å²) in [6, 6.07) is 2.02. The van der Waals surface area contributed by atoms with Crippen molar-refractivity contribution >= 4 is 0 Å². The van der Waals surface area contributed by atoms with E-state index in [1.165, 1.54) is 0 Å². The number of aryl methyl sites for hydroxylation is 3. The van der Waals surface area contributed by atoms with Crippen molar-refractivity contribution in [3.05, 3.63) is 29.5 Å². The van der Waals surface area contributed by atoms with Crippen LogP contribution in [-0.2, 0) is 11.2 Å². The summed E-state index contributed by atoms with van der Waals surface area (Å²) < 4.78 is 10.9. The molecular weight excluding hydrogens is 268 g/mol. The predicted octanol–water partition coefficient (Wildman–Crippen LogP) is 1.67. The van der Waals surface area contributed by atoms with E-state index in [0.717, 1.165) is 60.9 Å². The minimum atomic E-state index is 0.274. The number of hydrogen-bond donors (Lipinski definition) is 1. The fraction of sp³-hybridized carbons (Fsp3) is 0.533. The maximum atomic E-state index is 5.71. The highest BCUT2D eigenvalue weighted by molar-refractivity contribution is 5.63. The van der Waals surface area contributed by atoms with Gasteiger partial charge in [0.05, 0.1) is 29.7 Å². The van der Waals surface area contributed by atoms with Crippen molar-refractivity contribution in [2.24, 2.45) is 0 Å². The highest BCUT2D eigenvalue weighted by Gasteiger charge is 2.16. The predicted molar refractivity (Wildman–Crippen MR) is 77.9 cm³/mol. The minimum absolute atomic E-state index is 0.274. The van der Waals surface area contributed by atoms with Gasteiger partial charge in [-0.1, -0.05) is 5.16 Å². The third-order valence-electron chi connectivity index (χ3n) is 3.74. The van der Waals surface area contributed by atoms with Gasteiger partial charge >= 0.3 is 0 Å². The van der Waals surface area contributed by atoms with Gasteiger partial charge in [-0.15, -0.1) is 0 Å². The third kappa shape index (κ3) is 3.28. The molecule has 0 bridgehead atoms. The molecule has 1 saturated heterocycles. The molecule has 0 radical (unpaired) electrons. The first-order valence-corrected chi connectivity index (χ1v) is 7.30. The molecule has 0 unspecified atom stereocenters. The van der Waals surface area contributed by atoms with Crippen LogP contribution in [0.15, 0.2) is 16.9 Å². The minimum Gasteiger partial charge on any atom is -0.376 e. The lowest BCUT2D eigenvalue weighted by Gasteiger charge is -2.23. The van der Waals surface area contributed by atoms with Crippen LogP contribution in [0.3, 0.4) is 0 Å². The molecule has 1 aliphatic heterocycles. The SMILES string of the molecule is Cc1noc(C)c1-c1cc(CC[C@@H]2CNCCO2)ncn1. The molecule has 3 rings (SSSR count). The van der Waals surface area contributed by atoms with Crippen molar-refractivity contribution in [1.29, 1.82) is 0 Å². The second-order valence-electron chi connectivity index (χ2n) is 5.33. The van der Waals surface area contributed by atoms with Crippen molar-refractivity contribution in [2.45, 2.75) is 32.8 Å². The van der Waals surface area contributed by atoms with E-state index in [1.54, 1.807) is 6.33 Å². The van der Waals surface area contributed by atoms with E-state index in [1.807, 2.05) is 19.9 Å². The first kappa shape index (κ1) is 14.2. The zero-order valence-corrected chi connectivity index (χ0v) is 12.4. The summed E-state index contributed by atoms with van der Waals surface area (Å²) in [5.74, 6) is 0.789. The Morgan fingerprint density at radius 1 is 1.33 bits per heavy atom. The van der Waals surface area contributed by atoms with Gasteiger partial charge in [-0.05, 0) is 32.8 Å². The molecule has 0 aromatic carbocycles. The van der Waals surface area contributed by atoms with Crippen LogP contribution in [0.5, 0.6) is 0 Å². The van der Waals surface area contributed by atoms with Crippen molar-refractivity contribution < 1.29 is 9.26 Å². The number of nitrogens with one attached hydrogen (secondary N) is 1. The number of rotatable bonds is 4. The smallest absolute Gasteiger partial charge is 0.143 e. The molecule has 1 fully saturated rings. The lowest BCUT2D eigenvalue weighted by molar-refractivity contribution is 0.0237. The molecule has 1 aliphatic rings. The summed E-state index contributed by atoms with van der Waals surface area (Å²) in [4.78, 5) is 8.70. The zero-order valence-electron chi connectivity index (χ0n) is 12.4. The Balaban J connectivity index is 1.71. The highest BCUT2D eigenvalue weighted by Crippen LogP contribution is 2.25. The summed E-state index contributed by atoms with van der Waals surface area (Å²) in [5.41, 5.74) is 3.72. The second-order valence-corrected chi connectivity index (χ2v) is 5.33. The van der Waals surface area contributed by atoms with Crippen LogP contribution < -0.4 is 5.32 Å². The molecule has 0 saturated carbocycles. The molecule has 1 atom stereocenters. The highest BCUT2D eigenvalue weighted by atomic mass is 16.5. The normalized spacial score (nSPS) is 18.9. The van der Waals surface area contributed by atoms with Gasteiger partial charge in [0.25, 0.3) is 0 Å². The lowest BCUT2D eigenvalue weighted by atomic mass is 10.1. The number of aromatic nitrogens is 3. The van der Waals surface area contributed by atoms with Gasteiger partial charge in [0, 0.05) is 18.8 Å². The summed E-state index contributed by atoms with van der Waals surface area (Å²) >= 11 is 0. The number of morpholine rings is 1. The largest absolute Gasteiger partial charge is 0.376 e. The summed E-state index contributed by atoms with van der Waals surface area (Å²) in [7, 11) is 0. The van der Waals surface area contributed by atoms with Gasteiger partial charge in [-0.2, -0.15) is 0 Å². The maximum absolute atomic E-state index is 5.71. The Morgan fingerprint density at radius 2 is 2.24 bits per heavy atom. The molecule has 1 N–H and O–H groups in total. The van der Waals surface area contributed by atoms with E-state index >= 15 is 0 Å². The molecule has 2 aromatic heterocycles. The first-order chi connectivity index (χ1) is 10.2. The fourth-order valence-corrected chi connectivity index (χ4v) is 2.63. The van der Waals surface area contributed by atoms with Crippen LogP contribution in [0, 0.1) is 13.8 Å². The Labute approximate surface area is 123 Å². The second kappa shape index (κ2) is 6.32. The molecule has 6 heteroatoms. The zero-order chi connectivity index (χ0) is 14.7. The van der Waals surface area contributed by atoms with Crippen molar-refractivity contribution in [3.63, 3.8) is 0 Å². The summed E-state index contributed by atoms with van der Waals surface area (Å²) in [6.45, 7) is 6.48. The number of nitrogens with zero attached hydrogens (tertiary/aromatic N) is 3. The van der Waals surface area contributed by atoms with Gasteiger partial charge in [0.2, 0.25) is 0 Å². The molecule has 3 heterocycles. The van der Waals surface area contributed by atoms with Crippen molar-refractivity contribution in [3.8, 4) is 11.3 Å². The van der Waals surface area contributed by atoms with Crippen LogP contribution in [0.25, 0.3) is 11.3 Å². The van der Waals surface area contributed by atoms with Crippen LogP contribution in [-0.4, -0.2) is 40.9 Å². The molecular formula is C15H20N4O2. The summed E-state index contributed by atoms with van der Waals surface area (Å²) in [5, 5.41) is 7.32. The Morgan fingerprint density at radius 3 is 2.95 bits per heavy atom. The van der Waals surface area contributed by atoms with E-state index in [2.05, 4.69) is 20.4 Å². The number of hydrogen-bond acceptors (Lipinski definition) is 6. The Bertz CT molecular complexity index is 586. The van der Waals surface area contributed by atoms with E-state index < -0.39 is 0 Å². The van der Waals surface area contributed by atoms with E-state index in [0.29, 0.717) is 0 Å². The third-order valence-corrected chi connectivity index (χ3v) is 3.74. The molecule has 0 spiro atoms. The molecule has 112 valence electrons. The van der Waals surface area contributed by atoms with Gasteiger partial charge < -0.3 is 14.6 Å². The van der Waals surface area contributed by atoms with Gasteiger partial charge in [-0.25, -0.2) is 9.97 Å². The van der Waals surface area contributed by atoms with Crippen LogP contribution in [0.4, 0.5) is 0 Å². The van der Waals surface area contributed by atoms with Crippen molar-refractivity contribution in [2.75, 3.05) is 19.7 Å². The van der Waals surface area contributed by atoms with Gasteiger partial charge in [0.1, 0.15) is 12.1 Å². The fourth-order valence-electron chi connectivity index (χ4n) is 2.63. The Hall–Kier alpha value is -1.79. The number of ether oxygens (including phenoxy) is 1. The van der Waals surface area contributed by atoms with E-state index in [9.17, 15) is 0 Å². The lowest BCUT2D eigenvalue weighted by Crippen LogP contribution is -2.38. The monoisotopic (exact) mass is 288 g/mol. The molecule has 21 heavy (non-hydrogen) atoms. The maximum Gasteiger partial charge on any atom is 0.143 e. The molecule has 2 aromatic rings. The van der Waals surface area contributed by atoms with E-state index in [-0.39, 0.29) is 6.10 Å². The van der Waals surface area contributed by atoms with Crippen LogP contribution in [0.2, 0.25) is 0 Å². The quantitative estimate of drug-likeness (QED) is 0.922. The average Bonchev–Trinajstić information content (AvgIpc) is 2.85. The summed E-state index contributed by atoms with van der Waals surface area (Å²) in [6.07, 6.45) is 3.73. The van der Waals surface area contributed by atoms with Crippen molar-refractivity contribution in [1.82, 2.24) is 20.4 Å². The average molecular weight is 288 g/mol. The Kier molecular flexibility index (Phi) is 4.26. The standard InChI is InChI=1S/C15H20N4O2/c1-10-15(11(2)21-19-10)14-7-12(17-9-18-14)3-4-13-8-16-5-6-20-13/h7,9,13,16H,3-6,8H2,1-2H3/t13-/m1/s1. The van der Waals surface area contributed by atoms with Crippen LogP contribution >= 0.6 is 0 Å². The first-order valence-electron chi connectivity index (χ1n) is 7.30. The van der Waals surface area contributed by atoms with E-state index in [4.69, 9.17) is 9.26 Å². The molecule has 6 nitrogen and oxygen atoms in total. The molecule has 0 amide bonds. The van der Waals surface area contributed by atoms with Gasteiger partial charge in [0.15, 0.2) is 0 Å². The van der Waals surface area contributed by atoms with Crippen LogP contribution in [0.1, 0.15) is 23.6 Å². The molecule has 0 aliphatic carbocycles. The topological polar surface area (TPSA) is 73.1 Å². The van der Waals surface area contributed by atoms with Gasteiger partial charge in [-0.3, -0.25) is 0 Å².